The van der Waals surface area contributed by atoms with Gasteiger partial charge in [0.1, 0.15) is 5.75 Å². The van der Waals surface area contributed by atoms with Crippen LogP contribution >= 0.6 is 11.6 Å². The van der Waals surface area contributed by atoms with Crippen molar-refractivity contribution in [2.75, 3.05) is 6.61 Å². The molecule has 7 nitrogen and oxygen atoms in total. The Morgan fingerprint density at radius 1 is 1.39 bits per heavy atom. The lowest BCUT2D eigenvalue weighted by Crippen LogP contribution is -2.38. The molecule has 0 aliphatic carbocycles. The molecule has 1 aromatic rings. The maximum atomic E-state index is 11.0. The van der Waals surface area contributed by atoms with Crippen molar-refractivity contribution >= 4 is 29.5 Å². The summed E-state index contributed by atoms with van der Waals surface area (Å²) in [7, 11) is 0. The fourth-order valence-corrected chi connectivity index (χ4v) is 1.28. The van der Waals surface area contributed by atoms with Gasteiger partial charge in [-0.3, -0.25) is 10.1 Å². The Bertz CT molecular complexity index is 503. The highest BCUT2D eigenvalue weighted by molar-refractivity contribution is 6.33. The largest absolute Gasteiger partial charge is 0.484 e. The Hall–Kier alpha value is -2.28. The number of nitrogens with two attached hydrogens (primary N) is 1. The number of primary amides is 1. The predicted molar refractivity (Wildman–Crippen MR) is 61.6 cm³/mol. The van der Waals surface area contributed by atoms with Gasteiger partial charge in [-0.15, -0.1) is 0 Å². The minimum absolute atomic E-state index is 0.0523. The highest BCUT2D eigenvalue weighted by atomic mass is 35.5. The Kier molecular flexibility index (Phi) is 4.50. The topological polar surface area (TPSA) is 119 Å². The van der Waals surface area contributed by atoms with E-state index in [1.165, 1.54) is 18.2 Å². The summed E-state index contributed by atoms with van der Waals surface area (Å²) in [5.74, 6) is -1.82. The van der Waals surface area contributed by atoms with Crippen molar-refractivity contribution in [2.24, 2.45) is 5.73 Å². The van der Waals surface area contributed by atoms with E-state index in [9.17, 15) is 14.4 Å². The number of carbonyl (C=O) groups is 3. The van der Waals surface area contributed by atoms with Crippen LogP contribution in [0.25, 0.3) is 0 Å². The van der Waals surface area contributed by atoms with E-state index in [-0.39, 0.29) is 16.3 Å². The Balaban J connectivity index is 2.69. The van der Waals surface area contributed by atoms with Crippen molar-refractivity contribution in [3.8, 4) is 5.75 Å². The molecule has 18 heavy (non-hydrogen) atoms. The number of hydrogen-bond donors (Lipinski definition) is 3. The van der Waals surface area contributed by atoms with Gasteiger partial charge in [0, 0.05) is 0 Å². The third-order valence-corrected chi connectivity index (χ3v) is 2.13. The van der Waals surface area contributed by atoms with Gasteiger partial charge in [-0.05, 0) is 18.2 Å². The van der Waals surface area contributed by atoms with Crippen molar-refractivity contribution in [1.82, 2.24) is 5.32 Å². The normalized spacial score (nSPS) is 9.61. The van der Waals surface area contributed by atoms with Gasteiger partial charge in [0.15, 0.2) is 6.61 Å². The molecule has 1 rings (SSSR count). The van der Waals surface area contributed by atoms with E-state index in [0.29, 0.717) is 0 Å². The van der Waals surface area contributed by atoms with Crippen molar-refractivity contribution in [2.45, 2.75) is 0 Å². The first-order valence-corrected chi connectivity index (χ1v) is 5.03. The van der Waals surface area contributed by atoms with Crippen LogP contribution in [0.1, 0.15) is 10.4 Å². The molecule has 0 bridgehead atoms. The smallest absolute Gasteiger partial charge is 0.337 e. The summed E-state index contributed by atoms with van der Waals surface area (Å²) in [4.78, 5) is 32.2. The van der Waals surface area contributed by atoms with Crippen LogP contribution in [0.2, 0.25) is 5.02 Å². The Morgan fingerprint density at radius 3 is 2.61 bits per heavy atom. The number of benzene rings is 1. The van der Waals surface area contributed by atoms with E-state index in [2.05, 4.69) is 0 Å². The molecule has 96 valence electrons. The van der Waals surface area contributed by atoms with Crippen LogP contribution in [0, 0.1) is 0 Å². The van der Waals surface area contributed by atoms with Gasteiger partial charge in [0.2, 0.25) is 0 Å². The summed E-state index contributed by atoms with van der Waals surface area (Å²) in [6, 6.07) is 2.90. The van der Waals surface area contributed by atoms with Crippen LogP contribution in [-0.4, -0.2) is 29.6 Å². The monoisotopic (exact) mass is 272 g/mol. The van der Waals surface area contributed by atoms with E-state index in [0.717, 1.165) is 0 Å². The van der Waals surface area contributed by atoms with Crippen molar-refractivity contribution in [3.05, 3.63) is 28.8 Å². The maximum Gasteiger partial charge on any atom is 0.337 e. The summed E-state index contributed by atoms with van der Waals surface area (Å²) in [6.45, 7) is -0.469. The standard InChI is InChI=1S/C10H9ClN2O5/c11-7-2-1-5(3-6(7)9(15)16)18-4-8(14)13-10(12)17/h1-3H,4H2,(H,15,16)(H3,12,13,14,17). The maximum absolute atomic E-state index is 11.0. The van der Waals surface area contributed by atoms with Crippen LogP contribution in [0.4, 0.5) is 4.79 Å². The fourth-order valence-electron chi connectivity index (χ4n) is 1.08. The van der Waals surface area contributed by atoms with E-state index in [4.69, 9.17) is 27.2 Å². The second-order valence-electron chi connectivity index (χ2n) is 3.15. The molecule has 0 aliphatic heterocycles. The summed E-state index contributed by atoms with van der Waals surface area (Å²) in [5, 5.41) is 10.7. The number of rotatable bonds is 4. The Labute approximate surface area is 106 Å². The molecule has 0 spiro atoms. The van der Waals surface area contributed by atoms with Crippen LogP contribution in [0.5, 0.6) is 5.75 Å². The molecule has 1 aromatic carbocycles. The average Bonchev–Trinajstić information content (AvgIpc) is 2.26. The van der Waals surface area contributed by atoms with Gasteiger partial charge in [-0.1, -0.05) is 11.6 Å². The third kappa shape index (κ3) is 3.95. The fraction of sp³-hybridized carbons (Fsp3) is 0.100. The first-order chi connectivity index (χ1) is 8.40. The molecular weight excluding hydrogens is 264 g/mol. The molecule has 0 saturated heterocycles. The van der Waals surface area contributed by atoms with E-state index in [1.54, 1.807) is 5.32 Å². The van der Waals surface area contributed by atoms with E-state index in [1.807, 2.05) is 0 Å². The number of ether oxygens (including phenoxy) is 1. The number of carboxylic acids is 1. The van der Waals surface area contributed by atoms with Crippen LogP contribution in [0.3, 0.4) is 0 Å². The number of halogens is 1. The number of imide groups is 1. The number of carbonyl (C=O) groups excluding carboxylic acids is 2. The molecule has 8 heteroatoms. The summed E-state index contributed by atoms with van der Waals surface area (Å²) in [6.07, 6.45) is 0. The number of aromatic carboxylic acids is 1. The van der Waals surface area contributed by atoms with Crippen molar-refractivity contribution in [1.29, 1.82) is 0 Å². The molecule has 0 aromatic heterocycles. The molecule has 0 aliphatic rings. The molecule has 0 heterocycles. The van der Waals surface area contributed by atoms with Gasteiger partial charge in [-0.25, -0.2) is 9.59 Å². The lowest BCUT2D eigenvalue weighted by atomic mass is 10.2. The predicted octanol–water partition coefficient (Wildman–Crippen LogP) is 0.612. The average molecular weight is 273 g/mol. The molecule has 4 N–H and O–H groups in total. The number of carboxylic acid groups (broad SMARTS) is 1. The number of hydrogen-bond acceptors (Lipinski definition) is 4. The molecule has 0 atom stereocenters. The molecule has 0 saturated carbocycles. The minimum Gasteiger partial charge on any atom is -0.484 e. The summed E-state index contributed by atoms with van der Waals surface area (Å²) < 4.78 is 4.97. The zero-order valence-electron chi connectivity index (χ0n) is 8.97. The number of amides is 3. The molecule has 0 unspecified atom stereocenters. The highest BCUT2D eigenvalue weighted by Crippen LogP contribution is 2.21. The third-order valence-electron chi connectivity index (χ3n) is 1.80. The second kappa shape index (κ2) is 5.87. The highest BCUT2D eigenvalue weighted by Gasteiger charge is 2.11. The first-order valence-electron chi connectivity index (χ1n) is 4.65. The Morgan fingerprint density at radius 2 is 2.06 bits per heavy atom. The number of urea groups is 1. The van der Waals surface area contributed by atoms with Gasteiger partial charge in [-0.2, -0.15) is 0 Å². The van der Waals surface area contributed by atoms with Crippen LogP contribution in [0.15, 0.2) is 18.2 Å². The zero-order valence-corrected chi connectivity index (χ0v) is 9.73. The summed E-state index contributed by atoms with van der Waals surface area (Å²) in [5.41, 5.74) is 4.58. The molecule has 3 amide bonds. The van der Waals surface area contributed by atoms with Crippen molar-refractivity contribution < 1.29 is 24.2 Å². The quantitative estimate of drug-likeness (QED) is 0.742. The van der Waals surface area contributed by atoms with Gasteiger partial charge in [0.05, 0.1) is 10.6 Å². The minimum atomic E-state index is -1.22. The van der Waals surface area contributed by atoms with Crippen molar-refractivity contribution in [3.63, 3.8) is 0 Å². The summed E-state index contributed by atoms with van der Waals surface area (Å²) >= 11 is 5.65. The first kappa shape index (κ1) is 13.8. The van der Waals surface area contributed by atoms with Crippen LogP contribution < -0.4 is 15.8 Å². The molecular formula is C10H9ClN2O5. The van der Waals surface area contributed by atoms with Gasteiger partial charge >= 0.3 is 12.0 Å². The zero-order chi connectivity index (χ0) is 13.7. The van der Waals surface area contributed by atoms with E-state index < -0.39 is 24.5 Å². The number of nitrogens with one attached hydrogen (secondary N) is 1. The van der Waals surface area contributed by atoms with Gasteiger partial charge in [0.25, 0.3) is 5.91 Å². The molecule has 0 radical (unpaired) electrons. The lowest BCUT2D eigenvalue weighted by Gasteiger charge is -2.07. The molecule has 0 fully saturated rings. The van der Waals surface area contributed by atoms with Crippen LogP contribution in [-0.2, 0) is 4.79 Å². The van der Waals surface area contributed by atoms with Gasteiger partial charge < -0.3 is 15.6 Å². The SMILES string of the molecule is NC(=O)NC(=O)COc1ccc(Cl)c(C(=O)O)c1. The van der Waals surface area contributed by atoms with E-state index >= 15 is 0 Å². The second-order valence-corrected chi connectivity index (χ2v) is 3.56. The lowest BCUT2D eigenvalue weighted by molar-refractivity contribution is -0.121.